The molecule has 0 unspecified atom stereocenters. The number of nitrogens with one attached hydrogen (secondary N) is 2. The van der Waals surface area contributed by atoms with Gasteiger partial charge in [-0.05, 0) is 24.6 Å². The highest BCUT2D eigenvalue weighted by atomic mass is 35.5. The molecular formula is C15H22ClN3O3. The first-order valence-electron chi connectivity index (χ1n) is 7.23. The lowest BCUT2D eigenvalue weighted by Crippen LogP contribution is -2.47. The first kappa shape index (κ1) is 16.9. The highest BCUT2D eigenvalue weighted by Gasteiger charge is 2.37. The Labute approximate surface area is 136 Å². The molecule has 0 saturated carbocycles. The van der Waals surface area contributed by atoms with E-state index in [2.05, 4.69) is 10.6 Å². The second kappa shape index (κ2) is 7.17. The van der Waals surface area contributed by atoms with E-state index in [1.165, 1.54) is 0 Å². The molecule has 6 nitrogen and oxygen atoms in total. The van der Waals surface area contributed by atoms with Crippen LogP contribution in [0.1, 0.15) is 5.56 Å². The highest BCUT2D eigenvalue weighted by molar-refractivity contribution is 5.91. The van der Waals surface area contributed by atoms with Gasteiger partial charge in [-0.2, -0.15) is 0 Å². The van der Waals surface area contributed by atoms with Crippen LogP contribution in [0.4, 0.5) is 10.5 Å². The zero-order valence-electron chi connectivity index (χ0n) is 12.8. The minimum atomic E-state index is -0.112. The van der Waals surface area contributed by atoms with Gasteiger partial charge in [-0.15, -0.1) is 12.4 Å². The summed E-state index contributed by atoms with van der Waals surface area (Å²) in [5, 5.41) is 6.32. The Morgan fingerprint density at radius 2 is 2.27 bits per heavy atom. The zero-order chi connectivity index (χ0) is 14.8. The molecule has 0 aliphatic carbocycles. The molecule has 122 valence electrons. The predicted molar refractivity (Wildman–Crippen MR) is 87.1 cm³/mol. The lowest BCUT2D eigenvalue weighted by Gasteiger charge is -2.25. The Bertz CT molecular complexity index is 527. The lowest BCUT2D eigenvalue weighted by atomic mass is 10.2. The van der Waals surface area contributed by atoms with Crippen molar-refractivity contribution in [1.82, 2.24) is 10.2 Å². The first-order valence-corrected chi connectivity index (χ1v) is 7.23. The first-order chi connectivity index (χ1) is 10.2. The molecule has 0 bridgehead atoms. The van der Waals surface area contributed by atoms with Gasteiger partial charge in [-0.3, -0.25) is 0 Å². The topological polar surface area (TPSA) is 62.8 Å². The number of aryl methyl sites for hydroxylation is 1. The van der Waals surface area contributed by atoms with Crippen molar-refractivity contribution >= 4 is 24.1 Å². The van der Waals surface area contributed by atoms with Gasteiger partial charge < -0.3 is 25.0 Å². The van der Waals surface area contributed by atoms with Crippen LogP contribution in [0.25, 0.3) is 0 Å². The summed E-state index contributed by atoms with van der Waals surface area (Å²) < 4.78 is 11.0. The number of morpholine rings is 1. The van der Waals surface area contributed by atoms with Gasteiger partial charge in [0, 0.05) is 13.1 Å². The minimum Gasteiger partial charge on any atom is -0.495 e. The van der Waals surface area contributed by atoms with E-state index in [0.717, 1.165) is 12.1 Å². The van der Waals surface area contributed by atoms with Gasteiger partial charge in [-0.1, -0.05) is 6.07 Å². The van der Waals surface area contributed by atoms with Crippen LogP contribution < -0.4 is 15.4 Å². The summed E-state index contributed by atoms with van der Waals surface area (Å²) in [7, 11) is 1.60. The van der Waals surface area contributed by atoms with Crippen LogP contribution in [0.2, 0.25) is 0 Å². The number of rotatable bonds is 2. The number of benzene rings is 1. The average Bonchev–Trinajstić information content (AvgIpc) is 2.91. The maximum atomic E-state index is 12.4. The van der Waals surface area contributed by atoms with Gasteiger partial charge in [0.15, 0.2) is 0 Å². The van der Waals surface area contributed by atoms with Crippen LogP contribution in [0.3, 0.4) is 0 Å². The number of hydrogen-bond donors (Lipinski definition) is 2. The number of anilines is 1. The third kappa shape index (κ3) is 3.45. The van der Waals surface area contributed by atoms with Crippen molar-refractivity contribution in [2.45, 2.75) is 19.1 Å². The Morgan fingerprint density at radius 3 is 3.00 bits per heavy atom. The quantitative estimate of drug-likeness (QED) is 0.866. The Balaban J connectivity index is 0.00000176. The van der Waals surface area contributed by atoms with Crippen molar-refractivity contribution in [2.75, 3.05) is 38.7 Å². The summed E-state index contributed by atoms with van der Waals surface area (Å²) in [6, 6.07) is 5.85. The maximum absolute atomic E-state index is 12.4. The van der Waals surface area contributed by atoms with Gasteiger partial charge in [0.1, 0.15) is 5.75 Å². The summed E-state index contributed by atoms with van der Waals surface area (Å²) in [4.78, 5) is 14.2. The number of urea groups is 1. The van der Waals surface area contributed by atoms with Crippen LogP contribution in [-0.4, -0.2) is 56.4 Å². The summed E-state index contributed by atoms with van der Waals surface area (Å²) >= 11 is 0. The van der Waals surface area contributed by atoms with E-state index in [1.807, 2.05) is 25.1 Å². The predicted octanol–water partition coefficient (Wildman–Crippen LogP) is 1.63. The number of methoxy groups -OCH3 is 1. The number of fused-ring (bicyclic) bond motifs is 1. The molecule has 3 rings (SSSR count). The minimum absolute atomic E-state index is 0. The third-order valence-corrected chi connectivity index (χ3v) is 3.99. The van der Waals surface area contributed by atoms with Crippen molar-refractivity contribution in [3.05, 3.63) is 23.8 Å². The van der Waals surface area contributed by atoms with E-state index in [1.54, 1.807) is 12.0 Å². The maximum Gasteiger partial charge on any atom is 0.322 e. The second-order valence-electron chi connectivity index (χ2n) is 5.51. The van der Waals surface area contributed by atoms with E-state index >= 15 is 0 Å². The van der Waals surface area contributed by atoms with E-state index in [-0.39, 0.29) is 30.6 Å². The Kier molecular flexibility index (Phi) is 5.50. The van der Waals surface area contributed by atoms with Crippen LogP contribution in [0.15, 0.2) is 18.2 Å². The molecule has 2 aliphatic heterocycles. The molecule has 2 heterocycles. The average molecular weight is 328 g/mol. The van der Waals surface area contributed by atoms with Crippen LogP contribution in [-0.2, 0) is 4.74 Å². The normalized spacial score (nSPS) is 23.5. The molecule has 0 aromatic heterocycles. The molecular weight excluding hydrogens is 306 g/mol. The van der Waals surface area contributed by atoms with Crippen LogP contribution in [0.5, 0.6) is 5.75 Å². The molecule has 2 saturated heterocycles. The number of likely N-dealkylation sites (tertiary alicyclic amines) is 1. The SMILES string of the molecule is COc1ccc(C)cc1NC(=O)N1C[C@@H]2NCCO[C@H]2C1.Cl. The van der Waals surface area contributed by atoms with E-state index in [0.29, 0.717) is 31.1 Å². The molecule has 0 spiro atoms. The van der Waals surface area contributed by atoms with Gasteiger partial charge in [-0.25, -0.2) is 4.79 Å². The molecule has 2 fully saturated rings. The summed E-state index contributed by atoms with van der Waals surface area (Å²) in [5.41, 5.74) is 1.78. The summed E-state index contributed by atoms with van der Waals surface area (Å²) in [6.07, 6.45) is 0.101. The number of halogens is 1. The number of carbonyl (C=O) groups excluding carboxylic acids is 1. The molecule has 2 N–H and O–H groups in total. The van der Waals surface area contributed by atoms with Gasteiger partial charge in [0.2, 0.25) is 0 Å². The molecule has 2 amide bonds. The van der Waals surface area contributed by atoms with Crippen molar-refractivity contribution in [3.63, 3.8) is 0 Å². The molecule has 1 aromatic rings. The van der Waals surface area contributed by atoms with Crippen molar-refractivity contribution in [3.8, 4) is 5.75 Å². The van der Waals surface area contributed by atoms with Crippen molar-refractivity contribution < 1.29 is 14.3 Å². The van der Waals surface area contributed by atoms with Crippen molar-refractivity contribution in [1.29, 1.82) is 0 Å². The van der Waals surface area contributed by atoms with Crippen LogP contribution >= 0.6 is 12.4 Å². The molecule has 22 heavy (non-hydrogen) atoms. The third-order valence-electron chi connectivity index (χ3n) is 3.99. The Hall–Kier alpha value is -1.50. The van der Waals surface area contributed by atoms with E-state index in [4.69, 9.17) is 9.47 Å². The molecule has 0 radical (unpaired) electrons. The van der Waals surface area contributed by atoms with Crippen molar-refractivity contribution in [2.24, 2.45) is 0 Å². The van der Waals surface area contributed by atoms with Gasteiger partial charge in [0.05, 0.1) is 38.1 Å². The molecule has 7 heteroatoms. The number of carbonyl (C=O) groups is 1. The van der Waals surface area contributed by atoms with Crippen LogP contribution in [0, 0.1) is 6.92 Å². The number of ether oxygens (including phenoxy) is 2. The second-order valence-corrected chi connectivity index (χ2v) is 5.51. The molecule has 2 atom stereocenters. The molecule has 1 aromatic carbocycles. The molecule has 2 aliphatic rings. The fourth-order valence-electron chi connectivity index (χ4n) is 2.87. The van der Waals surface area contributed by atoms with Gasteiger partial charge in [0.25, 0.3) is 0 Å². The Morgan fingerprint density at radius 1 is 1.45 bits per heavy atom. The number of hydrogen-bond acceptors (Lipinski definition) is 4. The van der Waals surface area contributed by atoms with E-state index < -0.39 is 0 Å². The van der Waals surface area contributed by atoms with E-state index in [9.17, 15) is 4.79 Å². The zero-order valence-corrected chi connectivity index (χ0v) is 13.6. The fraction of sp³-hybridized carbons (Fsp3) is 0.533. The monoisotopic (exact) mass is 327 g/mol. The standard InChI is InChI=1S/C15H21N3O3.ClH/c1-10-3-4-13(20-2)11(7-10)17-15(19)18-8-12-14(9-18)21-6-5-16-12;/h3-4,7,12,14,16H,5-6,8-9H2,1-2H3,(H,17,19);1H/t12-,14-;/m0./s1. The smallest absolute Gasteiger partial charge is 0.322 e. The fourth-order valence-corrected chi connectivity index (χ4v) is 2.87. The van der Waals surface area contributed by atoms with Gasteiger partial charge >= 0.3 is 6.03 Å². The highest BCUT2D eigenvalue weighted by Crippen LogP contribution is 2.26. The number of nitrogens with zero attached hydrogens (tertiary/aromatic N) is 1. The summed E-state index contributed by atoms with van der Waals surface area (Å²) in [5.74, 6) is 0.667. The summed E-state index contributed by atoms with van der Waals surface area (Å²) in [6.45, 7) is 4.84. The number of amides is 2. The lowest BCUT2D eigenvalue weighted by molar-refractivity contribution is 0.0187. The largest absolute Gasteiger partial charge is 0.495 e.